The van der Waals surface area contributed by atoms with E-state index in [0.29, 0.717) is 17.8 Å². The van der Waals surface area contributed by atoms with Crippen LogP contribution in [0, 0.1) is 0 Å². The summed E-state index contributed by atoms with van der Waals surface area (Å²) in [6, 6.07) is 13.1. The summed E-state index contributed by atoms with van der Waals surface area (Å²) in [5.41, 5.74) is 2.28. The minimum absolute atomic E-state index is 0.0195. The summed E-state index contributed by atoms with van der Waals surface area (Å²) >= 11 is 1.74. The van der Waals surface area contributed by atoms with Gasteiger partial charge in [0.1, 0.15) is 43.1 Å². The van der Waals surface area contributed by atoms with E-state index >= 15 is 0 Å². The largest absolute Gasteiger partial charge is 0.379 e. The zero-order valence-corrected chi connectivity index (χ0v) is 19.5. The average molecular weight is 541 g/mol. The highest BCUT2D eigenvalue weighted by Gasteiger charge is 2.34. The molecule has 0 bridgehead atoms. The van der Waals surface area contributed by atoms with Gasteiger partial charge in [-0.05, 0) is 55.0 Å². The Balaban J connectivity index is 1.61. The summed E-state index contributed by atoms with van der Waals surface area (Å²) < 4.78 is 40.7. The van der Waals surface area contributed by atoms with Crippen LogP contribution in [0.4, 0.5) is 17.1 Å². The predicted molar refractivity (Wildman–Crippen MR) is 122 cm³/mol. The van der Waals surface area contributed by atoms with Crippen LogP contribution in [0.2, 0.25) is 0 Å². The molecule has 3 atom stereocenters. The highest BCUT2D eigenvalue weighted by Crippen LogP contribution is 2.26. The molecule has 0 aromatic heterocycles. The van der Waals surface area contributed by atoms with E-state index in [9.17, 15) is 8.42 Å². The SMILES string of the molecule is [B][C@H]1CC(OI)[C@@H](COS(=O)(=O)c2ccc(N=Nc3ccc(N(C)C)cc3)cc2)O1. The van der Waals surface area contributed by atoms with Gasteiger partial charge in [0.2, 0.25) is 0 Å². The molecule has 30 heavy (non-hydrogen) atoms. The summed E-state index contributed by atoms with van der Waals surface area (Å²) in [6.07, 6.45) is -0.377. The lowest BCUT2D eigenvalue weighted by molar-refractivity contribution is 0.0227. The van der Waals surface area contributed by atoms with Crippen LogP contribution in [-0.2, 0) is 22.1 Å². The van der Waals surface area contributed by atoms with Gasteiger partial charge in [0.05, 0.1) is 22.9 Å². The molecular formula is C19H21BIN3O5S. The van der Waals surface area contributed by atoms with Crippen molar-refractivity contribution in [3.63, 3.8) is 0 Å². The summed E-state index contributed by atoms with van der Waals surface area (Å²) in [5, 5.41) is 8.30. The minimum atomic E-state index is -3.95. The highest BCUT2D eigenvalue weighted by molar-refractivity contribution is 14.1. The predicted octanol–water partition coefficient (Wildman–Crippen LogP) is 3.89. The van der Waals surface area contributed by atoms with Crippen molar-refractivity contribution in [2.45, 2.75) is 29.5 Å². The molecule has 0 N–H and O–H groups in total. The van der Waals surface area contributed by atoms with Crippen molar-refractivity contribution in [3.8, 4) is 0 Å². The lowest BCUT2D eigenvalue weighted by atomic mass is 9.96. The molecular weight excluding hydrogens is 520 g/mol. The Labute approximate surface area is 191 Å². The third-order valence-electron chi connectivity index (χ3n) is 4.50. The van der Waals surface area contributed by atoms with Gasteiger partial charge in [-0.1, -0.05) is 0 Å². The van der Waals surface area contributed by atoms with Gasteiger partial charge in [-0.2, -0.15) is 18.6 Å². The van der Waals surface area contributed by atoms with Crippen molar-refractivity contribution in [2.75, 3.05) is 25.6 Å². The van der Waals surface area contributed by atoms with Crippen molar-refractivity contribution < 1.29 is 20.4 Å². The maximum atomic E-state index is 12.4. The van der Waals surface area contributed by atoms with Gasteiger partial charge < -0.3 is 12.7 Å². The second-order valence-corrected chi connectivity index (χ2v) is 9.04. The Morgan fingerprint density at radius 1 is 1.10 bits per heavy atom. The first-order chi connectivity index (χ1) is 14.3. The smallest absolute Gasteiger partial charge is 0.297 e. The number of rotatable bonds is 8. The van der Waals surface area contributed by atoms with Crippen molar-refractivity contribution in [2.24, 2.45) is 10.2 Å². The fourth-order valence-corrected chi connectivity index (χ4v) is 4.28. The molecule has 0 spiro atoms. The van der Waals surface area contributed by atoms with E-state index in [4.69, 9.17) is 19.8 Å². The molecule has 11 heteroatoms. The Morgan fingerprint density at radius 2 is 1.67 bits per heavy atom. The molecule has 158 valence electrons. The van der Waals surface area contributed by atoms with Gasteiger partial charge in [-0.25, -0.2) is 0 Å². The zero-order valence-electron chi connectivity index (χ0n) is 16.5. The fourth-order valence-electron chi connectivity index (χ4n) is 2.83. The van der Waals surface area contributed by atoms with Crippen LogP contribution in [0.25, 0.3) is 0 Å². The molecule has 0 saturated carbocycles. The van der Waals surface area contributed by atoms with Crippen LogP contribution in [0.3, 0.4) is 0 Å². The molecule has 1 aliphatic heterocycles. The monoisotopic (exact) mass is 541 g/mol. The maximum absolute atomic E-state index is 12.4. The Hall–Kier alpha value is -1.54. The summed E-state index contributed by atoms with van der Waals surface area (Å²) in [4.78, 5) is 2.01. The standard InChI is InChI=1S/C19H21BIN3O5S/c1-24(2)15-7-3-13(4-8-15)22-23-14-5-9-16(10-6-14)30(25,26)27-12-18-17(29-21)11-19(20)28-18/h3-10,17-19H,11-12H2,1-2H3/t17?,18-,19-/m1/s1. The van der Waals surface area contributed by atoms with Gasteiger partial charge in [-0.15, -0.1) is 0 Å². The van der Waals surface area contributed by atoms with E-state index in [-0.39, 0.29) is 17.6 Å². The Bertz CT molecular complexity index is 971. The molecule has 1 heterocycles. The molecule has 2 aromatic carbocycles. The van der Waals surface area contributed by atoms with Crippen molar-refractivity contribution >= 4 is 58.0 Å². The van der Waals surface area contributed by atoms with Gasteiger partial charge in [0.15, 0.2) is 0 Å². The molecule has 1 unspecified atom stereocenters. The fraction of sp³-hybridized carbons (Fsp3) is 0.368. The molecule has 2 aromatic rings. The number of hydrogen-bond donors (Lipinski definition) is 0. The van der Waals surface area contributed by atoms with Crippen LogP contribution in [-0.4, -0.2) is 55.2 Å². The second kappa shape index (κ2) is 10.2. The van der Waals surface area contributed by atoms with E-state index < -0.39 is 22.2 Å². The van der Waals surface area contributed by atoms with Crippen LogP contribution in [0.1, 0.15) is 6.42 Å². The third-order valence-corrected chi connectivity index (χ3v) is 6.45. The number of halogens is 1. The number of nitrogens with zero attached hydrogens (tertiary/aromatic N) is 3. The Morgan fingerprint density at radius 3 is 2.20 bits per heavy atom. The van der Waals surface area contributed by atoms with Crippen molar-refractivity contribution in [3.05, 3.63) is 48.5 Å². The molecule has 3 rings (SSSR count). The number of hydrogen-bond acceptors (Lipinski definition) is 8. The van der Waals surface area contributed by atoms with Crippen molar-refractivity contribution in [1.82, 2.24) is 0 Å². The minimum Gasteiger partial charge on any atom is -0.379 e. The van der Waals surface area contributed by atoms with E-state index in [1.807, 2.05) is 43.3 Å². The van der Waals surface area contributed by atoms with Gasteiger partial charge in [-0.3, -0.25) is 4.18 Å². The van der Waals surface area contributed by atoms with Crippen LogP contribution >= 0.6 is 23.0 Å². The molecule has 0 aliphatic carbocycles. The summed E-state index contributed by atoms with van der Waals surface area (Å²) in [7, 11) is 5.69. The second-order valence-electron chi connectivity index (χ2n) is 6.92. The molecule has 0 amide bonds. The first kappa shape index (κ1) is 23.1. The molecule has 2 radical (unpaired) electrons. The zero-order chi connectivity index (χ0) is 21.7. The molecule has 8 nitrogen and oxygen atoms in total. The number of azo groups is 1. The van der Waals surface area contributed by atoms with E-state index in [2.05, 4.69) is 10.2 Å². The van der Waals surface area contributed by atoms with Gasteiger partial charge in [0, 0.05) is 25.8 Å². The van der Waals surface area contributed by atoms with E-state index in [1.54, 1.807) is 35.1 Å². The number of ether oxygens (including phenoxy) is 1. The first-order valence-corrected chi connectivity index (χ1v) is 11.4. The van der Waals surface area contributed by atoms with Crippen LogP contribution in [0.15, 0.2) is 63.7 Å². The van der Waals surface area contributed by atoms with Crippen LogP contribution < -0.4 is 4.90 Å². The normalized spacial score (nSPS) is 21.9. The molecule has 1 fully saturated rings. The maximum Gasteiger partial charge on any atom is 0.297 e. The van der Waals surface area contributed by atoms with Gasteiger partial charge in [0.25, 0.3) is 10.1 Å². The summed E-state index contributed by atoms with van der Waals surface area (Å²) in [5.74, 6) is 0. The van der Waals surface area contributed by atoms with E-state index in [0.717, 1.165) is 5.69 Å². The topological polar surface area (TPSA) is 89.8 Å². The third kappa shape index (κ3) is 6.00. The first-order valence-electron chi connectivity index (χ1n) is 9.15. The van der Waals surface area contributed by atoms with E-state index in [1.165, 1.54) is 12.1 Å². The lowest BCUT2D eigenvalue weighted by Crippen LogP contribution is -2.28. The lowest BCUT2D eigenvalue weighted by Gasteiger charge is -2.16. The molecule has 1 saturated heterocycles. The number of benzene rings is 2. The Kier molecular flexibility index (Phi) is 7.85. The average Bonchev–Trinajstić information content (AvgIpc) is 3.11. The van der Waals surface area contributed by atoms with Crippen molar-refractivity contribution in [1.29, 1.82) is 0 Å². The summed E-state index contributed by atoms with van der Waals surface area (Å²) in [6.45, 7) is -0.173. The molecule has 1 aliphatic rings. The van der Waals surface area contributed by atoms with Crippen LogP contribution in [0.5, 0.6) is 0 Å². The van der Waals surface area contributed by atoms with Gasteiger partial charge >= 0.3 is 0 Å². The highest BCUT2D eigenvalue weighted by atomic mass is 127. The number of anilines is 1. The quantitative estimate of drug-likeness (QED) is 0.218.